The van der Waals surface area contributed by atoms with Crippen molar-refractivity contribution in [2.45, 2.75) is 4.90 Å². The molecular formula is C20H13FeN4O3S. The van der Waals surface area contributed by atoms with Crippen LogP contribution in [0.4, 0.5) is 0 Å². The van der Waals surface area contributed by atoms with Crippen LogP contribution < -0.4 is 4.46 Å². The molecule has 5 rings (SSSR count). The van der Waals surface area contributed by atoms with Crippen molar-refractivity contribution in [3.05, 3.63) is 59.2 Å². The zero-order chi connectivity index (χ0) is 20.2. The van der Waals surface area contributed by atoms with Crippen LogP contribution >= 0.6 is 0 Å². The van der Waals surface area contributed by atoms with Crippen molar-refractivity contribution in [2.75, 3.05) is 0 Å². The van der Waals surface area contributed by atoms with Gasteiger partial charge in [-0.05, 0) is 0 Å². The number of hydrogen-bond donors (Lipinski definition) is 3. The summed E-state index contributed by atoms with van der Waals surface area (Å²) >= 11 is 3.84. The predicted molar refractivity (Wildman–Crippen MR) is 108 cm³/mol. The molecule has 145 valence electrons. The molecule has 3 aromatic rings. The Balaban J connectivity index is 1.93. The Labute approximate surface area is 173 Å². The molecule has 7 nitrogen and oxygen atoms in total. The number of aromatic amines is 2. The zero-order valence-corrected chi connectivity index (χ0v) is 16.6. The first kappa shape index (κ1) is 18.1. The molecule has 0 unspecified atom stereocenters. The van der Waals surface area contributed by atoms with Crippen molar-refractivity contribution in [2.24, 2.45) is 0 Å². The molecule has 0 amide bonds. The van der Waals surface area contributed by atoms with Crippen LogP contribution in [0.25, 0.3) is 46.4 Å². The van der Waals surface area contributed by atoms with Crippen LogP contribution in [0.5, 0.6) is 0 Å². The Morgan fingerprint density at radius 2 is 1.24 bits per heavy atom. The third-order valence-electron chi connectivity index (χ3n) is 4.48. The number of fused-ring (bicyclic) bond motifs is 8. The molecule has 3 aromatic heterocycles. The van der Waals surface area contributed by atoms with Crippen molar-refractivity contribution in [3.8, 4) is 0 Å². The van der Waals surface area contributed by atoms with Gasteiger partial charge in [-0.1, -0.05) is 0 Å². The van der Waals surface area contributed by atoms with Gasteiger partial charge in [-0.3, -0.25) is 0 Å². The molecule has 0 aliphatic carbocycles. The maximum absolute atomic E-state index is 12.0. The monoisotopic (exact) mass is 445 g/mol. The maximum atomic E-state index is 12.0. The second kappa shape index (κ2) is 6.53. The van der Waals surface area contributed by atoms with Crippen LogP contribution in [0, 0.1) is 0 Å². The topological polar surface area (TPSA) is 112 Å². The quantitative estimate of drug-likeness (QED) is 0.271. The summed E-state index contributed by atoms with van der Waals surface area (Å²) in [6.45, 7) is 0. The molecule has 0 atom stereocenters. The fraction of sp³-hybridized carbons (Fsp3) is 0. The van der Waals surface area contributed by atoms with Crippen molar-refractivity contribution in [1.82, 2.24) is 19.9 Å². The van der Waals surface area contributed by atoms with Gasteiger partial charge < -0.3 is 0 Å². The molecule has 2 aliphatic rings. The van der Waals surface area contributed by atoms with Gasteiger partial charge in [-0.2, -0.15) is 0 Å². The first-order chi connectivity index (χ1) is 13.8. The average Bonchev–Trinajstić information content (AvgIpc) is 3.39. The number of rotatable bonds is 1. The van der Waals surface area contributed by atoms with E-state index in [1.54, 1.807) is 18.2 Å². The summed E-state index contributed by atoms with van der Waals surface area (Å²) in [5.41, 5.74) is 5.09. The van der Waals surface area contributed by atoms with Crippen LogP contribution in [0.2, 0.25) is 0 Å². The molecule has 0 spiro atoms. The van der Waals surface area contributed by atoms with Gasteiger partial charge >= 0.3 is 174 Å². The molecule has 9 heteroatoms. The van der Waals surface area contributed by atoms with Crippen LogP contribution in [0.3, 0.4) is 0 Å². The molecule has 0 saturated carbocycles. The normalized spacial score (nSPS) is 13.2. The van der Waals surface area contributed by atoms with Crippen LogP contribution in [-0.4, -0.2) is 32.9 Å². The number of nitrogens with zero attached hydrogens (tertiary/aromatic N) is 2. The number of hydrogen-bond acceptors (Lipinski definition) is 4. The Hall–Kier alpha value is -2.97. The molecular weight excluding hydrogens is 432 g/mol. The Kier molecular flexibility index (Phi) is 4.07. The molecule has 0 saturated heterocycles. The Bertz CT molecular complexity index is 1500. The first-order valence-electron chi connectivity index (χ1n) is 8.58. The van der Waals surface area contributed by atoms with Crippen molar-refractivity contribution < 1.29 is 29.0 Å². The van der Waals surface area contributed by atoms with Gasteiger partial charge in [0.2, 0.25) is 0 Å². The fourth-order valence-electron chi connectivity index (χ4n) is 3.26. The van der Waals surface area contributed by atoms with Crippen LogP contribution in [0.1, 0.15) is 22.8 Å². The van der Waals surface area contributed by atoms with Gasteiger partial charge in [0.1, 0.15) is 0 Å². The summed E-state index contributed by atoms with van der Waals surface area (Å²) in [4.78, 5) is 15.1. The Morgan fingerprint density at radius 1 is 0.759 bits per heavy atom. The molecule has 0 aromatic carbocycles. The minimum absolute atomic E-state index is 0.170. The van der Waals surface area contributed by atoms with E-state index < -0.39 is 10.1 Å². The average molecular weight is 445 g/mol. The van der Waals surface area contributed by atoms with E-state index in [4.69, 9.17) is 0 Å². The molecule has 8 bridgehead atoms. The first-order valence-corrected chi connectivity index (χ1v) is 10.6. The zero-order valence-electron chi connectivity index (χ0n) is 14.7. The summed E-state index contributed by atoms with van der Waals surface area (Å²) in [7, 11) is -4.49. The molecule has 0 radical (unpaired) electrons. The SMILES string of the molecule is O=S(=O)(O)c1[c]([Fe])c2cc3nc(cc4ccc(cc5nc(cc1[nH]2)C=C5)[nH]4)C=C3. The minimum atomic E-state index is -4.49. The third-order valence-corrected chi connectivity index (χ3v) is 6.17. The van der Waals surface area contributed by atoms with Gasteiger partial charge in [-0.25, -0.2) is 0 Å². The Morgan fingerprint density at radius 3 is 1.76 bits per heavy atom. The van der Waals surface area contributed by atoms with Crippen molar-refractivity contribution in [1.29, 1.82) is 0 Å². The van der Waals surface area contributed by atoms with Crippen LogP contribution in [0.15, 0.2) is 41.3 Å². The second-order valence-electron chi connectivity index (χ2n) is 6.59. The van der Waals surface area contributed by atoms with E-state index in [0.29, 0.717) is 22.6 Å². The molecule has 5 heterocycles. The van der Waals surface area contributed by atoms with Gasteiger partial charge in [0, 0.05) is 0 Å². The summed E-state index contributed by atoms with van der Waals surface area (Å²) < 4.78 is 33.9. The number of aromatic nitrogens is 4. The van der Waals surface area contributed by atoms with Crippen molar-refractivity contribution in [3.63, 3.8) is 0 Å². The van der Waals surface area contributed by atoms with Gasteiger partial charge in [0.15, 0.2) is 0 Å². The van der Waals surface area contributed by atoms with E-state index >= 15 is 0 Å². The van der Waals surface area contributed by atoms with Gasteiger partial charge in [0.25, 0.3) is 0 Å². The van der Waals surface area contributed by atoms with E-state index in [1.165, 1.54) is 0 Å². The molecule has 2 aliphatic heterocycles. The van der Waals surface area contributed by atoms with E-state index in [0.717, 1.165) is 16.7 Å². The molecule has 0 fully saturated rings. The van der Waals surface area contributed by atoms with Gasteiger partial charge in [-0.15, -0.1) is 0 Å². The summed E-state index contributed by atoms with van der Waals surface area (Å²) in [5, 5.41) is 0. The van der Waals surface area contributed by atoms with E-state index in [1.807, 2.05) is 42.5 Å². The summed E-state index contributed by atoms with van der Waals surface area (Å²) in [6.07, 6.45) is 7.28. The molecule has 3 N–H and O–H groups in total. The number of H-pyrrole nitrogens is 2. The predicted octanol–water partition coefficient (Wildman–Crippen LogP) is 3.07. The van der Waals surface area contributed by atoms with E-state index in [-0.39, 0.29) is 14.9 Å². The van der Waals surface area contributed by atoms with E-state index in [2.05, 4.69) is 35.9 Å². The van der Waals surface area contributed by atoms with Crippen molar-refractivity contribution >= 4 is 61.0 Å². The summed E-state index contributed by atoms with van der Waals surface area (Å²) in [6, 6.07) is 11.0. The number of nitrogens with one attached hydrogen (secondary N) is 2. The summed E-state index contributed by atoms with van der Waals surface area (Å²) in [5.74, 6) is 0. The van der Waals surface area contributed by atoms with Gasteiger partial charge in [0.05, 0.1) is 0 Å². The standard InChI is InChI=1S/C20H13N4O3S.Fe/c25-28(26,27)20-11-18-9-16-4-3-14(22-16)7-12-1-2-13(21-12)8-15-5-6-17(23-15)10-19(20)24-18;/h1-10,21,24H,(H,25,26,27);. The second-order valence-corrected chi connectivity index (χ2v) is 8.50. The van der Waals surface area contributed by atoms with E-state index in [9.17, 15) is 13.0 Å². The molecule has 29 heavy (non-hydrogen) atoms. The van der Waals surface area contributed by atoms with Crippen LogP contribution in [-0.2, 0) is 26.1 Å². The fourth-order valence-corrected chi connectivity index (χ4v) is 4.71. The third kappa shape index (κ3) is 3.45.